The van der Waals surface area contributed by atoms with Crippen LogP contribution in [-0.4, -0.2) is 31.1 Å². The Balaban J connectivity index is 1.67. The minimum absolute atomic E-state index is 0.133. The largest absolute Gasteiger partial charge is 0.486 e. The lowest BCUT2D eigenvalue weighted by Crippen LogP contribution is -2.50. The fraction of sp³-hybridized carbons (Fsp3) is 0.364. The average molecular weight is 400 g/mol. The molecule has 0 radical (unpaired) electrons. The highest BCUT2D eigenvalue weighted by Gasteiger charge is 2.26. The number of amides is 2. The van der Waals surface area contributed by atoms with Crippen LogP contribution in [0.2, 0.25) is 0 Å². The van der Waals surface area contributed by atoms with Gasteiger partial charge < -0.3 is 20.1 Å². The second-order valence-electron chi connectivity index (χ2n) is 7.34. The van der Waals surface area contributed by atoms with Gasteiger partial charge in [0, 0.05) is 5.56 Å². The Kier molecular flexibility index (Phi) is 6.36. The van der Waals surface area contributed by atoms with E-state index in [0.29, 0.717) is 30.3 Å². The van der Waals surface area contributed by atoms with E-state index in [0.717, 1.165) is 5.56 Å². The first-order valence-corrected chi connectivity index (χ1v) is 9.61. The minimum Gasteiger partial charge on any atom is -0.486 e. The molecule has 2 N–H and O–H groups in total. The molecule has 1 aliphatic heterocycles. The molecule has 2 aromatic rings. The second-order valence-corrected chi connectivity index (χ2v) is 7.34. The van der Waals surface area contributed by atoms with E-state index in [-0.39, 0.29) is 17.9 Å². The number of rotatable bonds is 6. The standard InChI is InChI=1S/C22H25FN2O4/c1-13(2)20(25-21(26)15-4-7-17(23)8-5-15)22(27)24-14(3)16-6-9-18-19(12-16)29-11-10-28-18/h4-9,12-14,20H,10-11H2,1-3H3,(H,24,27)(H,25,26)/t14?,20-/m0/s1. The lowest BCUT2D eigenvalue weighted by atomic mass is 10.0. The van der Waals surface area contributed by atoms with Crippen molar-refractivity contribution < 1.29 is 23.5 Å². The zero-order valence-electron chi connectivity index (χ0n) is 16.7. The average Bonchev–Trinajstić information content (AvgIpc) is 2.71. The predicted molar refractivity (Wildman–Crippen MR) is 106 cm³/mol. The fourth-order valence-electron chi connectivity index (χ4n) is 3.08. The summed E-state index contributed by atoms with van der Waals surface area (Å²) in [5, 5.41) is 5.68. The summed E-state index contributed by atoms with van der Waals surface area (Å²) in [7, 11) is 0. The number of halogens is 1. The van der Waals surface area contributed by atoms with E-state index in [1.165, 1.54) is 24.3 Å². The van der Waals surface area contributed by atoms with Crippen LogP contribution >= 0.6 is 0 Å². The van der Waals surface area contributed by atoms with Crippen molar-refractivity contribution in [2.75, 3.05) is 13.2 Å². The number of ether oxygens (including phenoxy) is 2. The van der Waals surface area contributed by atoms with Crippen LogP contribution in [0.15, 0.2) is 42.5 Å². The Morgan fingerprint density at radius 3 is 2.24 bits per heavy atom. The molecule has 6 nitrogen and oxygen atoms in total. The summed E-state index contributed by atoms with van der Waals surface area (Å²) in [5.74, 6) is 0.0634. The molecule has 3 rings (SSSR count). The summed E-state index contributed by atoms with van der Waals surface area (Å²) in [4.78, 5) is 25.3. The highest BCUT2D eigenvalue weighted by molar-refractivity contribution is 5.97. The van der Waals surface area contributed by atoms with Crippen molar-refractivity contribution >= 4 is 11.8 Å². The molecule has 1 aliphatic rings. The molecule has 0 spiro atoms. The number of fused-ring (bicyclic) bond motifs is 1. The third-order valence-electron chi connectivity index (χ3n) is 4.77. The highest BCUT2D eigenvalue weighted by Crippen LogP contribution is 2.32. The zero-order chi connectivity index (χ0) is 21.0. The van der Waals surface area contributed by atoms with Gasteiger partial charge in [0.05, 0.1) is 6.04 Å². The summed E-state index contributed by atoms with van der Waals surface area (Å²) in [5.41, 5.74) is 1.17. The van der Waals surface area contributed by atoms with Crippen LogP contribution in [0.1, 0.15) is 42.7 Å². The van der Waals surface area contributed by atoms with E-state index >= 15 is 0 Å². The number of hydrogen-bond acceptors (Lipinski definition) is 4. The molecule has 0 aromatic heterocycles. The fourth-order valence-corrected chi connectivity index (χ4v) is 3.08. The number of carbonyl (C=O) groups excluding carboxylic acids is 2. The minimum atomic E-state index is -0.729. The number of hydrogen-bond donors (Lipinski definition) is 2. The van der Waals surface area contributed by atoms with Crippen molar-refractivity contribution in [3.63, 3.8) is 0 Å². The molecule has 154 valence electrons. The Bertz CT molecular complexity index is 883. The maximum absolute atomic E-state index is 13.1. The van der Waals surface area contributed by atoms with Gasteiger partial charge in [-0.15, -0.1) is 0 Å². The molecule has 29 heavy (non-hydrogen) atoms. The quantitative estimate of drug-likeness (QED) is 0.781. The van der Waals surface area contributed by atoms with Crippen LogP contribution in [0.5, 0.6) is 11.5 Å². The molecule has 1 heterocycles. The Labute approximate surface area is 169 Å². The van der Waals surface area contributed by atoms with Gasteiger partial charge >= 0.3 is 0 Å². The van der Waals surface area contributed by atoms with Crippen molar-refractivity contribution in [2.24, 2.45) is 5.92 Å². The number of nitrogens with one attached hydrogen (secondary N) is 2. The first-order valence-electron chi connectivity index (χ1n) is 9.61. The molecule has 2 atom stereocenters. The summed E-state index contributed by atoms with van der Waals surface area (Å²) in [6.07, 6.45) is 0. The highest BCUT2D eigenvalue weighted by atomic mass is 19.1. The van der Waals surface area contributed by atoms with Gasteiger partial charge in [0.15, 0.2) is 11.5 Å². The van der Waals surface area contributed by atoms with E-state index in [4.69, 9.17) is 9.47 Å². The predicted octanol–water partition coefficient (Wildman–Crippen LogP) is 3.23. The van der Waals surface area contributed by atoms with Gasteiger partial charge in [-0.05, 0) is 54.8 Å². The van der Waals surface area contributed by atoms with Gasteiger partial charge in [-0.3, -0.25) is 9.59 Å². The number of carbonyl (C=O) groups is 2. The topological polar surface area (TPSA) is 76.7 Å². The summed E-state index contributed by atoms with van der Waals surface area (Å²) >= 11 is 0. The van der Waals surface area contributed by atoms with Crippen molar-refractivity contribution in [1.82, 2.24) is 10.6 Å². The van der Waals surface area contributed by atoms with E-state index in [1.54, 1.807) is 0 Å². The molecule has 2 aromatic carbocycles. The molecule has 0 saturated heterocycles. The molecule has 0 aliphatic carbocycles. The molecule has 0 bridgehead atoms. The molecule has 7 heteroatoms. The molecule has 0 fully saturated rings. The first kappa shape index (κ1) is 20.6. The molecule has 1 unspecified atom stereocenters. The maximum atomic E-state index is 13.1. The van der Waals surface area contributed by atoms with Crippen molar-refractivity contribution in [1.29, 1.82) is 0 Å². The summed E-state index contributed by atoms with van der Waals surface area (Å²) in [6.45, 7) is 6.57. The van der Waals surface area contributed by atoms with Gasteiger partial charge in [0.25, 0.3) is 5.91 Å². The monoisotopic (exact) mass is 400 g/mol. The van der Waals surface area contributed by atoms with Gasteiger partial charge in [-0.1, -0.05) is 19.9 Å². The molecular weight excluding hydrogens is 375 g/mol. The van der Waals surface area contributed by atoms with Gasteiger partial charge in [-0.25, -0.2) is 4.39 Å². The van der Waals surface area contributed by atoms with Gasteiger partial charge in [0.1, 0.15) is 25.1 Å². The van der Waals surface area contributed by atoms with Crippen molar-refractivity contribution in [2.45, 2.75) is 32.9 Å². The van der Waals surface area contributed by atoms with Crippen LogP contribution < -0.4 is 20.1 Å². The van der Waals surface area contributed by atoms with Crippen LogP contribution in [-0.2, 0) is 4.79 Å². The summed E-state index contributed by atoms with van der Waals surface area (Å²) in [6, 6.07) is 9.72. The Morgan fingerprint density at radius 2 is 1.59 bits per heavy atom. The smallest absolute Gasteiger partial charge is 0.251 e. The second kappa shape index (κ2) is 8.94. The van der Waals surface area contributed by atoms with Gasteiger partial charge in [-0.2, -0.15) is 0 Å². The van der Waals surface area contributed by atoms with Gasteiger partial charge in [0.2, 0.25) is 5.91 Å². The maximum Gasteiger partial charge on any atom is 0.251 e. The first-order chi connectivity index (χ1) is 13.8. The van der Waals surface area contributed by atoms with E-state index in [1.807, 2.05) is 39.0 Å². The lowest BCUT2D eigenvalue weighted by molar-refractivity contribution is -0.124. The number of benzene rings is 2. The van der Waals surface area contributed by atoms with E-state index < -0.39 is 17.8 Å². The summed E-state index contributed by atoms with van der Waals surface area (Å²) < 4.78 is 24.2. The SMILES string of the molecule is CC(NC(=O)[C@@H](NC(=O)c1ccc(F)cc1)C(C)C)c1ccc2c(c1)OCCO2. The Morgan fingerprint density at radius 1 is 0.931 bits per heavy atom. The third kappa shape index (κ3) is 5.04. The van der Waals surface area contributed by atoms with Crippen molar-refractivity contribution in [3.8, 4) is 11.5 Å². The van der Waals surface area contributed by atoms with Crippen molar-refractivity contribution in [3.05, 3.63) is 59.4 Å². The zero-order valence-corrected chi connectivity index (χ0v) is 16.7. The molecule has 0 saturated carbocycles. The third-order valence-corrected chi connectivity index (χ3v) is 4.77. The normalized spacial score (nSPS) is 14.8. The lowest BCUT2D eigenvalue weighted by Gasteiger charge is -2.25. The van der Waals surface area contributed by atoms with Crippen LogP contribution in [0.25, 0.3) is 0 Å². The van der Waals surface area contributed by atoms with E-state index in [9.17, 15) is 14.0 Å². The van der Waals surface area contributed by atoms with Crippen LogP contribution in [0, 0.1) is 11.7 Å². The van der Waals surface area contributed by atoms with Crippen LogP contribution in [0.4, 0.5) is 4.39 Å². The van der Waals surface area contributed by atoms with Crippen LogP contribution in [0.3, 0.4) is 0 Å². The Hall–Kier alpha value is -3.09. The van der Waals surface area contributed by atoms with E-state index in [2.05, 4.69) is 10.6 Å². The molecular formula is C22H25FN2O4. The molecule has 2 amide bonds.